The summed E-state index contributed by atoms with van der Waals surface area (Å²) in [6, 6.07) is 6.57. The summed E-state index contributed by atoms with van der Waals surface area (Å²) >= 11 is 1.36. The molecule has 1 aromatic carbocycles. The Balaban J connectivity index is 0.00000144. The third kappa shape index (κ3) is 4.25. The molecule has 0 spiro atoms. The SMILES string of the molecule is Cc1cccc(S(=O)(=O)OI)c1.[KH]. The topological polar surface area (TPSA) is 43.4 Å². The van der Waals surface area contributed by atoms with E-state index < -0.39 is 10.1 Å². The summed E-state index contributed by atoms with van der Waals surface area (Å²) in [5.74, 6) is 0. The van der Waals surface area contributed by atoms with Crippen LogP contribution in [-0.2, 0) is 12.6 Å². The van der Waals surface area contributed by atoms with Crippen molar-refractivity contribution >= 4 is 84.5 Å². The van der Waals surface area contributed by atoms with Crippen LogP contribution in [-0.4, -0.2) is 59.8 Å². The van der Waals surface area contributed by atoms with Crippen molar-refractivity contribution < 1.29 is 10.9 Å². The molecule has 0 saturated carbocycles. The van der Waals surface area contributed by atoms with Crippen LogP contribution in [0.1, 0.15) is 5.56 Å². The molecular formula is C7H8IKO3S. The molecule has 1 rings (SSSR count). The minimum atomic E-state index is -3.53. The molecule has 0 aliphatic heterocycles. The summed E-state index contributed by atoms with van der Waals surface area (Å²) in [6.45, 7) is 1.83. The summed E-state index contributed by atoms with van der Waals surface area (Å²) in [4.78, 5) is 0.192. The first-order chi connectivity index (χ1) is 5.56. The van der Waals surface area contributed by atoms with Gasteiger partial charge in [0.05, 0.1) is 4.90 Å². The predicted molar refractivity (Wildman–Crippen MR) is 60.6 cm³/mol. The van der Waals surface area contributed by atoms with Crippen LogP contribution in [0.15, 0.2) is 29.2 Å². The van der Waals surface area contributed by atoms with Gasteiger partial charge in [-0.05, 0) is 24.6 Å². The van der Waals surface area contributed by atoms with Crippen LogP contribution >= 0.6 is 23.0 Å². The molecule has 0 radical (unpaired) electrons. The van der Waals surface area contributed by atoms with Crippen LogP contribution in [0.2, 0.25) is 0 Å². The molecule has 6 heteroatoms. The molecule has 0 amide bonds. The first-order valence-corrected chi connectivity index (χ1v) is 5.47. The van der Waals surface area contributed by atoms with Crippen LogP contribution in [0, 0.1) is 6.92 Å². The van der Waals surface area contributed by atoms with E-state index in [4.69, 9.17) is 0 Å². The summed E-state index contributed by atoms with van der Waals surface area (Å²) in [5, 5.41) is 0. The zero-order valence-corrected chi connectivity index (χ0v) is 9.29. The van der Waals surface area contributed by atoms with E-state index >= 15 is 0 Å². The van der Waals surface area contributed by atoms with E-state index in [1.165, 1.54) is 29.1 Å². The molecule has 0 unspecified atom stereocenters. The Hall–Kier alpha value is 1.50. The molecule has 0 heterocycles. The molecule has 0 aromatic heterocycles. The Bertz CT molecular complexity index is 377. The molecule has 0 fully saturated rings. The van der Waals surface area contributed by atoms with Gasteiger partial charge in [-0.1, -0.05) is 12.1 Å². The van der Waals surface area contributed by atoms with E-state index in [2.05, 4.69) is 2.51 Å². The summed E-state index contributed by atoms with van der Waals surface area (Å²) < 4.78 is 26.6. The molecule has 0 N–H and O–H groups in total. The van der Waals surface area contributed by atoms with Gasteiger partial charge >= 0.3 is 61.5 Å². The van der Waals surface area contributed by atoms with Crippen molar-refractivity contribution in [2.24, 2.45) is 0 Å². The fourth-order valence-electron chi connectivity index (χ4n) is 0.807. The van der Waals surface area contributed by atoms with Gasteiger partial charge in [0.2, 0.25) is 0 Å². The molecular weight excluding hydrogens is 330 g/mol. The molecule has 0 bridgehead atoms. The number of benzene rings is 1. The number of rotatable bonds is 2. The average Bonchev–Trinajstić information content (AvgIpc) is 2.05. The Morgan fingerprint density at radius 1 is 1.38 bits per heavy atom. The van der Waals surface area contributed by atoms with E-state index in [9.17, 15) is 8.42 Å². The van der Waals surface area contributed by atoms with Gasteiger partial charge in [-0.2, -0.15) is 10.9 Å². The van der Waals surface area contributed by atoms with E-state index in [1.807, 2.05) is 13.0 Å². The van der Waals surface area contributed by atoms with Crippen molar-refractivity contribution in [1.29, 1.82) is 0 Å². The van der Waals surface area contributed by atoms with E-state index in [0.29, 0.717) is 0 Å². The Labute approximate surface area is 134 Å². The zero-order valence-electron chi connectivity index (χ0n) is 6.32. The fourth-order valence-corrected chi connectivity index (χ4v) is 2.08. The van der Waals surface area contributed by atoms with Crippen molar-refractivity contribution in [2.45, 2.75) is 11.8 Å². The average molecular weight is 338 g/mol. The van der Waals surface area contributed by atoms with Gasteiger partial charge in [0, 0.05) is 0 Å². The predicted octanol–water partition coefficient (Wildman–Crippen LogP) is 1.40. The Morgan fingerprint density at radius 3 is 2.46 bits per heavy atom. The van der Waals surface area contributed by atoms with Crippen molar-refractivity contribution in [3.63, 3.8) is 0 Å². The molecule has 13 heavy (non-hydrogen) atoms. The van der Waals surface area contributed by atoms with Crippen LogP contribution in [0.3, 0.4) is 0 Å². The van der Waals surface area contributed by atoms with Gasteiger partial charge in [-0.3, -0.25) is 0 Å². The van der Waals surface area contributed by atoms with Crippen molar-refractivity contribution in [2.75, 3.05) is 0 Å². The third-order valence-electron chi connectivity index (χ3n) is 1.36. The summed E-state index contributed by atoms with van der Waals surface area (Å²) in [5.41, 5.74) is 0.893. The first-order valence-electron chi connectivity index (χ1n) is 3.18. The normalized spacial score (nSPS) is 10.6. The molecule has 68 valence electrons. The van der Waals surface area contributed by atoms with Gasteiger partial charge < -0.3 is 0 Å². The molecule has 0 saturated heterocycles. The maximum atomic E-state index is 11.1. The second-order valence-electron chi connectivity index (χ2n) is 2.33. The zero-order chi connectivity index (χ0) is 9.19. The fraction of sp³-hybridized carbons (Fsp3) is 0.143. The van der Waals surface area contributed by atoms with Crippen LogP contribution in [0.5, 0.6) is 0 Å². The van der Waals surface area contributed by atoms with E-state index in [-0.39, 0.29) is 56.3 Å². The van der Waals surface area contributed by atoms with Gasteiger partial charge in [0.15, 0.2) is 0 Å². The molecule has 3 nitrogen and oxygen atoms in total. The molecule has 1 aromatic rings. The van der Waals surface area contributed by atoms with Gasteiger partial charge in [0.1, 0.15) is 23.0 Å². The van der Waals surface area contributed by atoms with Gasteiger partial charge in [0.25, 0.3) is 0 Å². The van der Waals surface area contributed by atoms with Gasteiger partial charge in [-0.15, -0.1) is 0 Å². The second kappa shape index (κ2) is 6.16. The number of hydrogen-bond donors (Lipinski definition) is 0. The molecule has 0 aliphatic rings. The number of halogens is 1. The summed E-state index contributed by atoms with van der Waals surface area (Å²) in [6.07, 6.45) is 0. The van der Waals surface area contributed by atoms with Crippen molar-refractivity contribution in [3.05, 3.63) is 29.8 Å². The monoisotopic (exact) mass is 338 g/mol. The third-order valence-corrected chi connectivity index (χ3v) is 3.78. The quantitative estimate of drug-likeness (QED) is 0.605. The molecule has 0 aliphatic carbocycles. The van der Waals surface area contributed by atoms with Crippen LogP contribution < -0.4 is 0 Å². The number of aryl methyl sites for hydroxylation is 1. The molecule has 0 atom stereocenters. The van der Waals surface area contributed by atoms with Gasteiger partial charge in [-0.25, -0.2) is 0 Å². The van der Waals surface area contributed by atoms with Crippen molar-refractivity contribution in [3.8, 4) is 0 Å². The van der Waals surface area contributed by atoms with Crippen LogP contribution in [0.4, 0.5) is 0 Å². The van der Waals surface area contributed by atoms with Crippen LogP contribution in [0.25, 0.3) is 0 Å². The number of hydrogen-bond acceptors (Lipinski definition) is 3. The Morgan fingerprint density at radius 2 is 2.00 bits per heavy atom. The standard InChI is InChI=1S/C7H7IO3S.K.H/c1-6-3-2-4-7(5-6)12(9,10)11-8;;/h2-5H,1H3;;. The van der Waals surface area contributed by atoms with E-state index in [1.54, 1.807) is 12.1 Å². The summed E-state index contributed by atoms with van der Waals surface area (Å²) in [7, 11) is -3.53. The minimum absolute atomic E-state index is 0. The first kappa shape index (κ1) is 14.5. The maximum absolute atomic E-state index is 11.1. The second-order valence-corrected chi connectivity index (χ2v) is 4.92. The van der Waals surface area contributed by atoms with Crippen molar-refractivity contribution in [1.82, 2.24) is 0 Å². The Kier molecular flexibility index (Phi) is 6.87. The van der Waals surface area contributed by atoms with E-state index in [0.717, 1.165) is 5.56 Å².